The first-order valence-corrected chi connectivity index (χ1v) is 11.5. The lowest BCUT2D eigenvalue weighted by molar-refractivity contribution is -0.130. The Kier molecular flexibility index (Phi) is 6.79. The van der Waals surface area contributed by atoms with Gasteiger partial charge in [-0.15, -0.1) is 10.2 Å². The molecule has 9 heteroatoms. The molecular weight excluding hydrogens is 402 g/mol. The number of methoxy groups -OCH3 is 1. The number of thioether (sulfide) groups is 1. The van der Waals surface area contributed by atoms with Gasteiger partial charge in [0, 0.05) is 18.3 Å². The van der Waals surface area contributed by atoms with Crippen molar-refractivity contribution in [3.8, 4) is 11.5 Å². The van der Waals surface area contributed by atoms with Crippen molar-refractivity contribution in [3.63, 3.8) is 0 Å². The van der Waals surface area contributed by atoms with Crippen molar-refractivity contribution >= 4 is 17.7 Å². The maximum Gasteiger partial charge on any atom is 0.225 e. The van der Waals surface area contributed by atoms with Crippen LogP contribution in [0.5, 0.6) is 11.5 Å². The highest BCUT2D eigenvalue weighted by atomic mass is 32.2. The molecule has 1 aliphatic carbocycles. The number of rotatable bonds is 8. The van der Waals surface area contributed by atoms with E-state index in [9.17, 15) is 4.79 Å². The van der Waals surface area contributed by atoms with E-state index in [0.29, 0.717) is 29.9 Å². The van der Waals surface area contributed by atoms with Crippen LogP contribution in [-0.4, -0.2) is 45.7 Å². The van der Waals surface area contributed by atoms with E-state index < -0.39 is 0 Å². The van der Waals surface area contributed by atoms with Gasteiger partial charge in [0.25, 0.3) is 0 Å². The minimum Gasteiger partial charge on any atom is -0.493 e. The molecule has 30 heavy (non-hydrogen) atoms. The third-order valence-corrected chi connectivity index (χ3v) is 6.81. The second-order valence-electron chi connectivity index (χ2n) is 7.62. The molecule has 3 unspecified atom stereocenters. The molecule has 1 saturated heterocycles. The predicted octanol–water partition coefficient (Wildman–Crippen LogP) is 2.58. The highest BCUT2D eigenvalue weighted by Crippen LogP contribution is 2.29. The summed E-state index contributed by atoms with van der Waals surface area (Å²) in [5.41, 5.74) is 0. The van der Waals surface area contributed by atoms with Crippen molar-refractivity contribution in [1.82, 2.24) is 25.4 Å². The first-order valence-electron chi connectivity index (χ1n) is 10.6. The number of amides is 1. The first kappa shape index (κ1) is 21.0. The number of hydrogen-bond acceptors (Lipinski definition) is 7. The predicted molar refractivity (Wildman–Crippen MR) is 115 cm³/mol. The molecule has 3 atom stereocenters. The molecule has 1 aliphatic heterocycles. The van der Waals surface area contributed by atoms with Crippen LogP contribution in [0.2, 0.25) is 0 Å². The van der Waals surface area contributed by atoms with Gasteiger partial charge in [-0.2, -0.15) is 0 Å². The summed E-state index contributed by atoms with van der Waals surface area (Å²) in [6, 6.07) is 7.85. The largest absolute Gasteiger partial charge is 0.493 e. The number of ether oxygens (including phenoxy) is 2. The molecule has 0 spiro atoms. The van der Waals surface area contributed by atoms with Crippen LogP contribution in [0.1, 0.15) is 38.4 Å². The number of nitrogens with zero attached hydrogens (tertiary/aromatic N) is 3. The Hall–Kier alpha value is -2.26. The number of aromatic nitrogens is 3. The number of hydrogen-bond donors (Lipinski definition) is 2. The first-order chi connectivity index (χ1) is 14.7. The number of carbonyl (C=O) groups is 1. The van der Waals surface area contributed by atoms with Crippen molar-refractivity contribution in [1.29, 1.82) is 0 Å². The molecule has 1 amide bonds. The van der Waals surface area contributed by atoms with Crippen molar-refractivity contribution in [2.75, 3.05) is 12.9 Å². The third kappa shape index (κ3) is 4.57. The van der Waals surface area contributed by atoms with Crippen LogP contribution in [0.4, 0.5) is 0 Å². The Bertz CT molecular complexity index is 874. The topological polar surface area (TPSA) is 90.3 Å². The maximum absolute atomic E-state index is 12.4. The van der Waals surface area contributed by atoms with Crippen LogP contribution in [0.3, 0.4) is 0 Å². The van der Waals surface area contributed by atoms with Crippen molar-refractivity contribution in [2.24, 2.45) is 5.92 Å². The lowest BCUT2D eigenvalue weighted by atomic mass is 9.82. The van der Waals surface area contributed by atoms with Gasteiger partial charge in [-0.05, 0) is 31.9 Å². The minimum absolute atomic E-state index is 0.0443. The van der Waals surface area contributed by atoms with Gasteiger partial charge in [0.1, 0.15) is 6.61 Å². The molecule has 1 aromatic carbocycles. The molecule has 2 heterocycles. The molecular formula is C21H29N5O3S. The molecule has 2 aromatic rings. The Morgan fingerprint density at radius 2 is 2.00 bits per heavy atom. The van der Waals surface area contributed by atoms with Gasteiger partial charge in [-0.1, -0.05) is 36.7 Å². The van der Waals surface area contributed by atoms with Gasteiger partial charge in [-0.3, -0.25) is 10.1 Å². The average molecular weight is 432 g/mol. The summed E-state index contributed by atoms with van der Waals surface area (Å²) in [5.74, 6) is 3.15. The molecule has 2 aliphatic rings. The molecule has 1 aromatic heterocycles. The quantitative estimate of drug-likeness (QED) is 0.621. The zero-order chi connectivity index (χ0) is 20.9. The molecule has 8 nitrogen and oxygen atoms in total. The summed E-state index contributed by atoms with van der Waals surface area (Å²) < 4.78 is 13.3. The van der Waals surface area contributed by atoms with Crippen LogP contribution < -0.4 is 20.1 Å². The number of fused-ring (bicyclic) bond motifs is 1. The summed E-state index contributed by atoms with van der Waals surface area (Å²) in [4.78, 5) is 12.4. The molecule has 2 fully saturated rings. The van der Waals surface area contributed by atoms with E-state index in [2.05, 4.69) is 27.8 Å². The van der Waals surface area contributed by atoms with Crippen molar-refractivity contribution in [2.45, 2.75) is 63.1 Å². The van der Waals surface area contributed by atoms with Crippen molar-refractivity contribution < 1.29 is 14.3 Å². The van der Waals surface area contributed by atoms with Gasteiger partial charge in [0.2, 0.25) is 5.91 Å². The van der Waals surface area contributed by atoms with E-state index in [1.165, 1.54) is 6.42 Å². The third-order valence-electron chi connectivity index (χ3n) is 5.75. The molecule has 4 rings (SSSR count). The normalized spacial score (nSPS) is 23.5. The second-order valence-corrected chi connectivity index (χ2v) is 8.61. The summed E-state index contributed by atoms with van der Waals surface area (Å²) in [6.07, 6.45) is 4.37. The smallest absolute Gasteiger partial charge is 0.225 e. The minimum atomic E-state index is -0.0443. The van der Waals surface area contributed by atoms with E-state index in [4.69, 9.17) is 9.47 Å². The summed E-state index contributed by atoms with van der Waals surface area (Å²) >= 11 is 1.60. The highest BCUT2D eigenvalue weighted by molar-refractivity contribution is 7.99. The van der Waals surface area contributed by atoms with E-state index in [0.717, 1.165) is 36.8 Å². The Morgan fingerprint density at radius 3 is 2.80 bits per heavy atom. The van der Waals surface area contributed by atoms with Gasteiger partial charge < -0.3 is 19.4 Å². The van der Waals surface area contributed by atoms with Gasteiger partial charge >= 0.3 is 0 Å². The maximum atomic E-state index is 12.4. The van der Waals surface area contributed by atoms with E-state index in [1.54, 1.807) is 18.9 Å². The van der Waals surface area contributed by atoms with Gasteiger partial charge in [0.05, 0.1) is 19.2 Å². The van der Waals surface area contributed by atoms with Crippen LogP contribution in [0.15, 0.2) is 29.4 Å². The number of para-hydroxylation sites is 2. The van der Waals surface area contributed by atoms with Gasteiger partial charge in [-0.25, -0.2) is 0 Å². The van der Waals surface area contributed by atoms with Crippen LogP contribution in [0.25, 0.3) is 0 Å². The fourth-order valence-electron chi connectivity index (χ4n) is 4.20. The number of nitrogens with one attached hydrogen (secondary N) is 2. The van der Waals surface area contributed by atoms with E-state index >= 15 is 0 Å². The monoisotopic (exact) mass is 431 g/mol. The fourth-order valence-corrected chi connectivity index (χ4v) is 5.19. The second kappa shape index (κ2) is 9.70. The highest BCUT2D eigenvalue weighted by Gasteiger charge is 2.37. The Balaban J connectivity index is 1.36. The van der Waals surface area contributed by atoms with E-state index in [-0.39, 0.29) is 18.0 Å². The number of carbonyl (C=O) groups excluding carboxylic acids is 1. The fraction of sp³-hybridized carbons (Fsp3) is 0.571. The molecule has 0 radical (unpaired) electrons. The summed E-state index contributed by atoms with van der Waals surface area (Å²) in [5, 5.41) is 16.2. The van der Waals surface area contributed by atoms with Crippen molar-refractivity contribution in [3.05, 3.63) is 30.1 Å². The van der Waals surface area contributed by atoms with Crippen LogP contribution >= 0.6 is 11.8 Å². The SMILES string of the molecule is CCn1c(COc2ccccc2OC)nnc1SCC1NC(=O)C2CCCCC2N1. The summed E-state index contributed by atoms with van der Waals surface area (Å²) in [7, 11) is 1.62. The van der Waals surface area contributed by atoms with E-state index in [1.807, 2.05) is 28.8 Å². The number of benzene rings is 1. The standard InChI is InChI=1S/C21H29N5O3S/c1-3-26-19(12-29-17-11-7-6-10-16(17)28-2)24-25-21(26)30-13-18-22-15-9-5-4-8-14(15)20(27)23-18/h6-7,10-11,14-15,18,22H,3-5,8-9,12-13H2,1-2H3,(H,23,27). The zero-order valence-electron chi connectivity index (χ0n) is 17.5. The Labute approximate surface area is 181 Å². The zero-order valence-corrected chi connectivity index (χ0v) is 18.3. The average Bonchev–Trinajstić information content (AvgIpc) is 3.18. The van der Waals surface area contributed by atoms with Crippen LogP contribution in [-0.2, 0) is 17.9 Å². The molecule has 0 bridgehead atoms. The van der Waals surface area contributed by atoms with Crippen LogP contribution in [0, 0.1) is 5.92 Å². The molecule has 1 saturated carbocycles. The van der Waals surface area contributed by atoms with Gasteiger partial charge in [0.15, 0.2) is 22.5 Å². The lowest BCUT2D eigenvalue weighted by Gasteiger charge is -2.40. The lowest BCUT2D eigenvalue weighted by Crippen LogP contribution is -2.62. The summed E-state index contributed by atoms with van der Waals surface area (Å²) in [6.45, 7) is 3.12. The molecule has 162 valence electrons. The Morgan fingerprint density at radius 1 is 1.20 bits per heavy atom. The molecule has 2 N–H and O–H groups in total.